The summed E-state index contributed by atoms with van der Waals surface area (Å²) < 4.78 is 16.1. The highest BCUT2D eigenvalue weighted by Gasteiger charge is 2.62. The third-order valence-corrected chi connectivity index (χ3v) is 6.12. The molecule has 2 bridgehead atoms. The summed E-state index contributed by atoms with van der Waals surface area (Å²) >= 11 is 0. The van der Waals surface area contributed by atoms with Gasteiger partial charge < -0.3 is 19.3 Å². The van der Waals surface area contributed by atoms with Crippen molar-refractivity contribution in [3.63, 3.8) is 0 Å². The van der Waals surface area contributed by atoms with Crippen LogP contribution in [0.1, 0.15) is 24.8 Å². The molecule has 140 valence electrons. The molecular weight excluding hydrogens is 332 g/mol. The van der Waals surface area contributed by atoms with E-state index in [2.05, 4.69) is 13.5 Å². The standard InChI is InChI=1S/C21H26O5/c1-6-9-21-11-16(26-5)19(22)18(20(21)23)17(12(21)2)13-7-8-14(24-3)15(10-13)25-4/h6-8,10-12,17-18,20,23H,1,9H2,2-5H3/t12-,17+,18-,20+,21-/m1/s1. The van der Waals surface area contributed by atoms with Crippen LogP contribution < -0.4 is 9.47 Å². The van der Waals surface area contributed by atoms with E-state index >= 15 is 0 Å². The lowest BCUT2D eigenvalue weighted by molar-refractivity contribution is -0.128. The molecule has 5 atom stereocenters. The van der Waals surface area contributed by atoms with Crippen molar-refractivity contribution in [2.24, 2.45) is 17.3 Å². The first-order chi connectivity index (χ1) is 12.4. The lowest BCUT2D eigenvalue weighted by Gasteiger charge is -2.36. The Bertz CT molecular complexity index is 753. The first-order valence-corrected chi connectivity index (χ1v) is 8.77. The molecule has 1 aromatic carbocycles. The summed E-state index contributed by atoms with van der Waals surface area (Å²) in [7, 11) is 4.67. The van der Waals surface area contributed by atoms with Crippen molar-refractivity contribution in [2.75, 3.05) is 21.3 Å². The Labute approximate surface area is 154 Å². The molecule has 1 aromatic rings. The number of carbonyl (C=O) groups excluding carboxylic acids is 1. The lowest BCUT2D eigenvalue weighted by Crippen LogP contribution is -2.42. The highest BCUT2D eigenvalue weighted by molar-refractivity contribution is 5.98. The number of benzene rings is 1. The normalized spacial score (nSPS) is 32.8. The number of carbonyl (C=O) groups is 1. The summed E-state index contributed by atoms with van der Waals surface area (Å²) in [6, 6.07) is 5.68. The monoisotopic (exact) mass is 358 g/mol. The topological polar surface area (TPSA) is 65.0 Å². The maximum atomic E-state index is 12.9. The van der Waals surface area contributed by atoms with Crippen LogP contribution in [-0.2, 0) is 9.53 Å². The second-order valence-corrected chi connectivity index (χ2v) is 7.08. The molecule has 3 rings (SSSR count). The van der Waals surface area contributed by atoms with Gasteiger partial charge in [-0.2, -0.15) is 0 Å². The molecule has 5 nitrogen and oxygen atoms in total. The molecule has 0 saturated heterocycles. The number of rotatable bonds is 6. The highest BCUT2D eigenvalue weighted by atomic mass is 16.5. The molecule has 0 radical (unpaired) electrons. The molecular formula is C21H26O5. The van der Waals surface area contributed by atoms with Crippen molar-refractivity contribution in [3.05, 3.63) is 48.3 Å². The highest BCUT2D eigenvalue weighted by Crippen LogP contribution is 2.61. The van der Waals surface area contributed by atoms with E-state index in [4.69, 9.17) is 14.2 Å². The van der Waals surface area contributed by atoms with E-state index in [1.807, 2.05) is 24.3 Å². The van der Waals surface area contributed by atoms with Crippen LogP contribution in [0.3, 0.4) is 0 Å². The van der Waals surface area contributed by atoms with Crippen molar-refractivity contribution in [2.45, 2.75) is 25.4 Å². The van der Waals surface area contributed by atoms with Crippen LogP contribution in [-0.4, -0.2) is 38.3 Å². The lowest BCUT2D eigenvalue weighted by atomic mass is 9.70. The van der Waals surface area contributed by atoms with Gasteiger partial charge in [-0.3, -0.25) is 4.79 Å². The average molecular weight is 358 g/mol. The van der Waals surface area contributed by atoms with Gasteiger partial charge in [0.2, 0.25) is 5.78 Å². The zero-order valence-corrected chi connectivity index (χ0v) is 15.7. The first kappa shape index (κ1) is 18.5. The number of hydrogen-bond acceptors (Lipinski definition) is 5. The second kappa shape index (κ2) is 6.80. The van der Waals surface area contributed by atoms with Gasteiger partial charge in [-0.1, -0.05) is 19.1 Å². The molecule has 2 aliphatic rings. The van der Waals surface area contributed by atoms with Gasteiger partial charge in [0.05, 0.1) is 33.4 Å². The minimum absolute atomic E-state index is 0.0233. The molecule has 2 aliphatic carbocycles. The SMILES string of the molecule is C=CC[C@@]12C=C(OC)C(=O)[C@@H]([C@H](c3ccc(OC)c(OC)c3)[C@H]1C)[C@@H]2O. The molecule has 1 saturated carbocycles. The summed E-state index contributed by atoms with van der Waals surface area (Å²) in [5, 5.41) is 11.1. The van der Waals surface area contributed by atoms with Gasteiger partial charge >= 0.3 is 0 Å². The minimum Gasteiger partial charge on any atom is -0.493 e. The van der Waals surface area contributed by atoms with Crippen LogP contribution in [0.25, 0.3) is 0 Å². The molecule has 5 heteroatoms. The van der Waals surface area contributed by atoms with Crippen LogP contribution in [0, 0.1) is 17.3 Å². The molecule has 26 heavy (non-hydrogen) atoms. The molecule has 0 amide bonds. The van der Waals surface area contributed by atoms with Gasteiger partial charge in [0.1, 0.15) is 0 Å². The number of allylic oxidation sites excluding steroid dienone is 2. The summed E-state index contributed by atoms with van der Waals surface area (Å²) in [5.74, 6) is 0.742. The van der Waals surface area contributed by atoms with Crippen molar-refractivity contribution < 1.29 is 24.1 Å². The number of fused-ring (bicyclic) bond motifs is 2. The van der Waals surface area contributed by atoms with E-state index in [0.29, 0.717) is 23.7 Å². The van der Waals surface area contributed by atoms with Crippen molar-refractivity contribution >= 4 is 5.78 Å². The van der Waals surface area contributed by atoms with Crippen LogP contribution in [0.4, 0.5) is 0 Å². The van der Waals surface area contributed by atoms with Crippen molar-refractivity contribution in [3.8, 4) is 11.5 Å². The molecule has 1 N–H and O–H groups in total. The Kier molecular flexibility index (Phi) is 4.84. The number of methoxy groups -OCH3 is 3. The fourth-order valence-electron chi connectivity index (χ4n) is 4.78. The second-order valence-electron chi connectivity index (χ2n) is 7.08. The molecule has 0 aromatic heterocycles. The first-order valence-electron chi connectivity index (χ1n) is 8.77. The molecule has 1 fully saturated rings. The minimum atomic E-state index is -0.778. The van der Waals surface area contributed by atoms with E-state index in [1.54, 1.807) is 20.3 Å². The van der Waals surface area contributed by atoms with Gasteiger partial charge in [-0.15, -0.1) is 6.58 Å². The fraction of sp³-hybridized carbons (Fsp3) is 0.476. The fourth-order valence-corrected chi connectivity index (χ4v) is 4.78. The number of aliphatic hydroxyl groups excluding tert-OH is 1. The maximum absolute atomic E-state index is 12.9. The van der Waals surface area contributed by atoms with Crippen molar-refractivity contribution in [1.29, 1.82) is 0 Å². The third-order valence-electron chi connectivity index (χ3n) is 6.12. The quantitative estimate of drug-likeness (QED) is 0.792. The van der Waals surface area contributed by atoms with Crippen LogP contribution in [0.15, 0.2) is 42.7 Å². The molecule has 0 aliphatic heterocycles. The number of Topliss-reactive ketones (excluding diaryl/α,β-unsaturated/α-hetero) is 1. The largest absolute Gasteiger partial charge is 0.493 e. The summed E-state index contributed by atoms with van der Waals surface area (Å²) in [5.41, 5.74) is 0.382. The number of ketones is 1. The van der Waals surface area contributed by atoms with E-state index < -0.39 is 17.4 Å². The summed E-state index contributed by atoms with van der Waals surface area (Å²) in [6.45, 7) is 5.93. The predicted octanol–water partition coefficient (Wildman–Crippen LogP) is 3.09. The number of ether oxygens (including phenoxy) is 3. The third kappa shape index (κ3) is 2.45. The summed E-state index contributed by atoms with van der Waals surface area (Å²) in [6.07, 6.45) is 3.41. The van der Waals surface area contributed by atoms with E-state index in [9.17, 15) is 9.90 Å². The van der Waals surface area contributed by atoms with Gasteiger partial charge in [-0.05, 0) is 36.1 Å². The van der Waals surface area contributed by atoms with Gasteiger partial charge in [0.25, 0.3) is 0 Å². The Morgan fingerprint density at radius 3 is 2.42 bits per heavy atom. The van der Waals surface area contributed by atoms with E-state index in [1.165, 1.54) is 7.11 Å². The number of aliphatic hydroxyl groups is 1. The molecule has 0 heterocycles. The zero-order chi connectivity index (χ0) is 19.1. The maximum Gasteiger partial charge on any atom is 0.203 e. The summed E-state index contributed by atoms with van der Waals surface area (Å²) in [4.78, 5) is 12.9. The number of hydrogen-bond donors (Lipinski definition) is 1. The van der Waals surface area contributed by atoms with E-state index in [-0.39, 0.29) is 17.6 Å². The van der Waals surface area contributed by atoms with Crippen LogP contribution in [0.5, 0.6) is 11.5 Å². The van der Waals surface area contributed by atoms with Gasteiger partial charge in [-0.25, -0.2) is 0 Å². The average Bonchev–Trinajstić information content (AvgIpc) is 2.80. The van der Waals surface area contributed by atoms with Gasteiger partial charge in [0, 0.05) is 11.3 Å². The van der Waals surface area contributed by atoms with Crippen LogP contribution in [0.2, 0.25) is 0 Å². The molecule has 0 spiro atoms. The van der Waals surface area contributed by atoms with Gasteiger partial charge in [0.15, 0.2) is 17.3 Å². The molecule has 0 unspecified atom stereocenters. The van der Waals surface area contributed by atoms with Crippen LogP contribution >= 0.6 is 0 Å². The Balaban J connectivity index is 2.13. The van der Waals surface area contributed by atoms with E-state index in [0.717, 1.165) is 5.56 Å². The smallest absolute Gasteiger partial charge is 0.203 e. The Morgan fingerprint density at radius 2 is 1.85 bits per heavy atom. The zero-order valence-electron chi connectivity index (χ0n) is 15.7. The Hall–Kier alpha value is -2.27. The Morgan fingerprint density at radius 1 is 1.15 bits per heavy atom. The predicted molar refractivity (Wildman–Crippen MR) is 98.3 cm³/mol. The van der Waals surface area contributed by atoms with Crippen molar-refractivity contribution in [1.82, 2.24) is 0 Å².